The summed E-state index contributed by atoms with van der Waals surface area (Å²) in [6, 6.07) is 1.86. The van der Waals surface area contributed by atoms with Crippen LogP contribution in [0, 0.1) is 0 Å². The van der Waals surface area contributed by atoms with Gasteiger partial charge in [0.2, 0.25) is 0 Å². The molecule has 6 heteroatoms. The summed E-state index contributed by atoms with van der Waals surface area (Å²) in [7, 11) is 0. The molecule has 0 aliphatic carbocycles. The van der Waals surface area contributed by atoms with E-state index >= 15 is 0 Å². The molecule has 20 heavy (non-hydrogen) atoms. The number of anilines is 2. The Morgan fingerprint density at radius 3 is 2.35 bits per heavy atom. The van der Waals surface area contributed by atoms with Gasteiger partial charge in [-0.1, -0.05) is 25.6 Å². The third-order valence-electron chi connectivity index (χ3n) is 3.40. The second-order valence-electron chi connectivity index (χ2n) is 4.60. The van der Waals surface area contributed by atoms with E-state index in [2.05, 4.69) is 40.5 Å². The molecule has 0 fully saturated rings. The van der Waals surface area contributed by atoms with Crippen LogP contribution in [0.15, 0.2) is 11.2 Å². The molecule has 0 unspecified atom stereocenters. The molecule has 0 saturated heterocycles. The first kappa shape index (κ1) is 17.0. The van der Waals surface area contributed by atoms with Crippen molar-refractivity contribution in [2.24, 2.45) is 0 Å². The topological polar surface area (TPSA) is 58.3 Å². The Hall–Kier alpha value is -1.01. The van der Waals surface area contributed by atoms with Crippen molar-refractivity contribution < 1.29 is 0 Å². The predicted octanol–water partition coefficient (Wildman–Crippen LogP) is 2.34. The Kier molecular flexibility index (Phi) is 7.69. The van der Waals surface area contributed by atoms with Gasteiger partial charge in [0, 0.05) is 19.2 Å². The van der Waals surface area contributed by atoms with Crippen LogP contribution >= 0.6 is 11.8 Å². The first-order valence-electron chi connectivity index (χ1n) is 7.30. The Morgan fingerprint density at radius 1 is 1.10 bits per heavy atom. The first-order chi connectivity index (χ1) is 9.64. The fraction of sp³-hybridized carbons (Fsp3) is 0.714. The molecule has 0 radical (unpaired) electrons. The molecule has 2 N–H and O–H groups in total. The quantitative estimate of drug-likeness (QED) is 0.558. The molecule has 0 bridgehead atoms. The van der Waals surface area contributed by atoms with Gasteiger partial charge in [-0.05, 0) is 39.2 Å². The van der Waals surface area contributed by atoms with Crippen molar-refractivity contribution >= 4 is 23.4 Å². The molecule has 0 aromatic carbocycles. The van der Waals surface area contributed by atoms with E-state index in [4.69, 9.17) is 5.73 Å². The van der Waals surface area contributed by atoms with Gasteiger partial charge in [0.1, 0.15) is 11.6 Å². The van der Waals surface area contributed by atoms with Gasteiger partial charge in [0.05, 0.1) is 0 Å². The largest absolute Gasteiger partial charge is 0.383 e. The van der Waals surface area contributed by atoms with Gasteiger partial charge < -0.3 is 15.5 Å². The minimum atomic E-state index is 0.543. The van der Waals surface area contributed by atoms with Crippen molar-refractivity contribution in [2.45, 2.75) is 32.3 Å². The highest BCUT2D eigenvalue weighted by Crippen LogP contribution is 2.18. The van der Waals surface area contributed by atoms with Crippen LogP contribution in [0.25, 0.3) is 0 Å². The normalized spacial score (nSPS) is 11.1. The maximum Gasteiger partial charge on any atom is 0.191 e. The number of thioether (sulfide) groups is 1. The van der Waals surface area contributed by atoms with E-state index in [-0.39, 0.29) is 0 Å². The van der Waals surface area contributed by atoms with Gasteiger partial charge in [-0.15, -0.1) is 0 Å². The van der Waals surface area contributed by atoms with E-state index in [1.54, 1.807) is 0 Å². The van der Waals surface area contributed by atoms with E-state index < -0.39 is 0 Å². The predicted molar refractivity (Wildman–Crippen MR) is 88.5 cm³/mol. The molecule has 0 atom stereocenters. The van der Waals surface area contributed by atoms with E-state index in [9.17, 15) is 0 Å². The molecule has 1 aromatic rings. The van der Waals surface area contributed by atoms with Gasteiger partial charge in [0.25, 0.3) is 0 Å². The molecule has 114 valence electrons. The van der Waals surface area contributed by atoms with Gasteiger partial charge in [-0.3, -0.25) is 0 Å². The van der Waals surface area contributed by atoms with Crippen molar-refractivity contribution in [1.82, 2.24) is 14.9 Å². The average Bonchev–Trinajstić information content (AvgIpc) is 2.47. The number of nitrogens with two attached hydrogens (primary N) is 1. The molecule has 0 aliphatic rings. The van der Waals surface area contributed by atoms with Crippen molar-refractivity contribution in [3.63, 3.8) is 0 Å². The molecule has 0 spiro atoms. The summed E-state index contributed by atoms with van der Waals surface area (Å²) in [5, 5.41) is 0.738. The smallest absolute Gasteiger partial charge is 0.191 e. The summed E-state index contributed by atoms with van der Waals surface area (Å²) < 4.78 is 0. The highest BCUT2D eigenvalue weighted by atomic mass is 32.2. The van der Waals surface area contributed by atoms with Crippen LogP contribution in [-0.4, -0.2) is 53.8 Å². The zero-order chi connectivity index (χ0) is 15.0. The highest BCUT2D eigenvalue weighted by Gasteiger charge is 2.09. The number of rotatable bonds is 9. The van der Waals surface area contributed by atoms with E-state index in [1.807, 2.05) is 12.3 Å². The molecule has 1 aromatic heterocycles. The number of hydrogen-bond donors (Lipinski definition) is 1. The molecular weight excluding hydrogens is 270 g/mol. The van der Waals surface area contributed by atoms with Crippen LogP contribution in [-0.2, 0) is 0 Å². The molecule has 0 aliphatic heterocycles. The molecule has 0 amide bonds. The lowest BCUT2D eigenvalue weighted by atomic mass is 10.3. The second-order valence-corrected chi connectivity index (χ2v) is 5.37. The summed E-state index contributed by atoms with van der Waals surface area (Å²) in [5.74, 6) is 1.48. The minimum absolute atomic E-state index is 0.543. The molecule has 5 nitrogen and oxygen atoms in total. The fourth-order valence-electron chi connectivity index (χ4n) is 2.14. The van der Waals surface area contributed by atoms with Crippen molar-refractivity contribution in [1.29, 1.82) is 0 Å². The second kappa shape index (κ2) is 9.02. The lowest BCUT2D eigenvalue weighted by Gasteiger charge is -2.24. The zero-order valence-corrected chi connectivity index (χ0v) is 13.9. The average molecular weight is 297 g/mol. The summed E-state index contributed by atoms with van der Waals surface area (Å²) in [6.45, 7) is 11.8. The Balaban J connectivity index is 2.64. The maximum absolute atomic E-state index is 5.85. The summed E-state index contributed by atoms with van der Waals surface area (Å²) >= 11 is 1.52. The lowest BCUT2D eigenvalue weighted by Crippen LogP contribution is -2.30. The lowest BCUT2D eigenvalue weighted by molar-refractivity contribution is 0.300. The monoisotopic (exact) mass is 297 g/mol. The summed E-state index contributed by atoms with van der Waals surface area (Å²) in [4.78, 5) is 13.4. The number of hydrogen-bond acceptors (Lipinski definition) is 6. The van der Waals surface area contributed by atoms with E-state index in [1.165, 1.54) is 11.8 Å². The van der Waals surface area contributed by atoms with Crippen molar-refractivity contribution in [3.8, 4) is 0 Å². The summed E-state index contributed by atoms with van der Waals surface area (Å²) in [6.07, 6.45) is 3.10. The van der Waals surface area contributed by atoms with Crippen molar-refractivity contribution in [2.75, 3.05) is 49.6 Å². The number of nitrogens with zero attached hydrogens (tertiary/aromatic N) is 4. The number of aromatic nitrogens is 2. The van der Waals surface area contributed by atoms with Gasteiger partial charge in [0.15, 0.2) is 5.16 Å². The first-order valence-corrected chi connectivity index (χ1v) is 8.52. The summed E-state index contributed by atoms with van der Waals surface area (Å²) in [5.41, 5.74) is 5.85. The van der Waals surface area contributed by atoms with Crippen LogP contribution in [0.3, 0.4) is 0 Å². The van der Waals surface area contributed by atoms with Gasteiger partial charge in [-0.25, -0.2) is 9.97 Å². The maximum atomic E-state index is 5.85. The van der Waals surface area contributed by atoms with E-state index in [0.717, 1.165) is 50.1 Å². The van der Waals surface area contributed by atoms with Crippen molar-refractivity contribution in [3.05, 3.63) is 6.07 Å². The fourth-order valence-corrected chi connectivity index (χ4v) is 2.52. The van der Waals surface area contributed by atoms with Crippen LogP contribution < -0.4 is 10.6 Å². The minimum Gasteiger partial charge on any atom is -0.383 e. The standard InChI is InChI=1S/C14H27N5S/c1-5-18(6-2)9-8-10-19(7-3)13-11-12(15)16-14(17-13)20-4/h11H,5-10H2,1-4H3,(H2,15,16,17). The molecule has 1 heterocycles. The van der Waals surface area contributed by atoms with E-state index in [0.29, 0.717) is 5.82 Å². The zero-order valence-electron chi connectivity index (χ0n) is 13.1. The van der Waals surface area contributed by atoms with Crippen LogP contribution in [0.5, 0.6) is 0 Å². The SMILES string of the molecule is CCN(CC)CCCN(CC)c1cc(N)nc(SC)n1. The van der Waals surface area contributed by atoms with Crippen LogP contribution in [0.4, 0.5) is 11.6 Å². The molecule has 0 saturated carbocycles. The Morgan fingerprint density at radius 2 is 1.80 bits per heavy atom. The Labute approximate surface area is 127 Å². The molecular formula is C14H27N5S. The van der Waals surface area contributed by atoms with Crippen LogP contribution in [0.2, 0.25) is 0 Å². The third kappa shape index (κ3) is 5.17. The number of nitrogen functional groups attached to an aromatic ring is 1. The van der Waals surface area contributed by atoms with Gasteiger partial charge >= 0.3 is 0 Å². The highest BCUT2D eigenvalue weighted by molar-refractivity contribution is 7.98. The third-order valence-corrected chi connectivity index (χ3v) is 3.94. The molecule has 1 rings (SSSR count). The van der Waals surface area contributed by atoms with Crippen LogP contribution in [0.1, 0.15) is 27.2 Å². The Bertz CT molecular complexity index is 395. The van der Waals surface area contributed by atoms with Gasteiger partial charge in [-0.2, -0.15) is 0 Å².